The summed E-state index contributed by atoms with van der Waals surface area (Å²) in [6.07, 6.45) is -1.03. The zero-order chi connectivity index (χ0) is 20.2. The summed E-state index contributed by atoms with van der Waals surface area (Å²) in [4.78, 5) is 36.6. The molecule has 1 aromatic rings. The summed E-state index contributed by atoms with van der Waals surface area (Å²) in [5.74, 6) is -1.06. The number of ether oxygens (including phenoxy) is 3. The Kier molecular flexibility index (Phi) is 6.30. The third-order valence-electron chi connectivity index (χ3n) is 3.84. The van der Waals surface area contributed by atoms with Gasteiger partial charge < -0.3 is 19.3 Å². The van der Waals surface area contributed by atoms with Gasteiger partial charge in [0, 0.05) is 6.42 Å². The number of likely N-dealkylation sites (tertiary alicyclic amines) is 1. The number of benzene rings is 1. The van der Waals surface area contributed by atoms with E-state index in [9.17, 15) is 19.5 Å². The summed E-state index contributed by atoms with van der Waals surface area (Å²) in [7, 11) is 0. The first-order valence-corrected chi connectivity index (χ1v) is 8.77. The highest BCUT2D eigenvalue weighted by Crippen LogP contribution is 2.25. The number of carbonyl (C=O) groups is 3. The molecule has 1 N–H and O–H groups in total. The molecule has 1 saturated heterocycles. The lowest BCUT2D eigenvalue weighted by atomic mass is 10.2. The molecule has 27 heavy (non-hydrogen) atoms. The molecule has 1 fully saturated rings. The van der Waals surface area contributed by atoms with E-state index in [1.165, 1.54) is 4.90 Å². The summed E-state index contributed by atoms with van der Waals surface area (Å²) >= 11 is 0. The quantitative estimate of drug-likeness (QED) is 0.785. The van der Waals surface area contributed by atoms with Crippen LogP contribution in [0.5, 0.6) is 5.75 Å². The van der Waals surface area contributed by atoms with Gasteiger partial charge in [-0.05, 0) is 52.0 Å². The highest BCUT2D eigenvalue weighted by molar-refractivity contribution is 5.89. The van der Waals surface area contributed by atoms with Crippen LogP contribution in [0.25, 0.3) is 0 Å². The van der Waals surface area contributed by atoms with E-state index >= 15 is 0 Å². The standard InChI is InChI=1S/C19H25NO7/c1-5-25-17(23)12-6-8-13(9-7-12)26-14-10-15(16(21)22)20(11-14)18(24)27-19(2,3)4/h6-9,14-15H,5,10-11H2,1-4H3,(H,21,22). The average molecular weight is 379 g/mol. The van der Waals surface area contributed by atoms with Gasteiger partial charge in [-0.1, -0.05) is 0 Å². The zero-order valence-corrected chi connectivity index (χ0v) is 15.9. The van der Waals surface area contributed by atoms with Crippen LogP contribution in [0.2, 0.25) is 0 Å². The third-order valence-corrected chi connectivity index (χ3v) is 3.84. The van der Waals surface area contributed by atoms with E-state index < -0.39 is 35.8 Å². The predicted molar refractivity (Wildman–Crippen MR) is 95.8 cm³/mol. The number of aliphatic carboxylic acids is 1. The first-order chi connectivity index (χ1) is 12.6. The van der Waals surface area contributed by atoms with Crippen molar-refractivity contribution in [3.8, 4) is 5.75 Å². The SMILES string of the molecule is CCOC(=O)c1ccc(OC2CC(C(=O)O)N(C(=O)OC(C)(C)C)C2)cc1. The molecule has 2 rings (SSSR count). The fourth-order valence-corrected chi connectivity index (χ4v) is 2.72. The number of carboxylic acids is 1. The first-order valence-electron chi connectivity index (χ1n) is 8.77. The average Bonchev–Trinajstić information content (AvgIpc) is 2.98. The molecule has 1 heterocycles. The number of carboxylic acid groups (broad SMARTS) is 1. The second kappa shape index (κ2) is 8.28. The minimum atomic E-state index is -1.11. The molecule has 0 aliphatic carbocycles. The predicted octanol–water partition coefficient (Wildman–Crippen LogP) is 2.70. The second-order valence-electron chi connectivity index (χ2n) is 7.21. The van der Waals surface area contributed by atoms with Gasteiger partial charge >= 0.3 is 18.0 Å². The number of hydrogen-bond acceptors (Lipinski definition) is 6. The molecular formula is C19H25NO7. The van der Waals surface area contributed by atoms with Gasteiger partial charge in [0.2, 0.25) is 0 Å². The summed E-state index contributed by atoms with van der Waals surface area (Å²) in [5, 5.41) is 9.41. The third kappa shape index (κ3) is 5.60. The Morgan fingerprint density at radius 3 is 2.33 bits per heavy atom. The molecule has 1 aromatic carbocycles. The zero-order valence-electron chi connectivity index (χ0n) is 15.9. The molecule has 0 bridgehead atoms. The van der Waals surface area contributed by atoms with Gasteiger partial charge in [0.15, 0.2) is 0 Å². The number of carbonyl (C=O) groups excluding carboxylic acids is 2. The molecule has 0 spiro atoms. The van der Waals surface area contributed by atoms with E-state index in [1.54, 1.807) is 52.0 Å². The van der Waals surface area contributed by atoms with Crippen molar-refractivity contribution < 1.29 is 33.7 Å². The van der Waals surface area contributed by atoms with Crippen LogP contribution in [0.3, 0.4) is 0 Å². The Morgan fingerprint density at radius 1 is 1.19 bits per heavy atom. The van der Waals surface area contributed by atoms with Crippen LogP contribution in [0.1, 0.15) is 44.5 Å². The van der Waals surface area contributed by atoms with E-state index in [1.807, 2.05) is 0 Å². The lowest BCUT2D eigenvalue weighted by Gasteiger charge is -2.26. The molecule has 8 nitrogen and oxygen atoms in total. The van der Waals surface area contributed by atoms with Crippen molar-refractivity contribution in [2.24, 2.45) is 0 Å². The largest absolute Gasteiger partial charge is 0.488 e. The molecular weight excluding hydrogens is 354 g/mol. The van der Waals surface area contributed by atoms with Crippen molar-refractivity contribution in [1.29, 1.82) is 0 Å². The first kappa shape index (κ1) is 20.5. The minimum absolute atomic E-state index is 0.103. The molecule has 2 unspecified atom stereocenters. The Hall–Kier alpha value is -2.77. The van der Waals surface area contributed by atoms with Crippen LogP contribution in [-0.2, 0) is 14.3 Å². The van der Waals surface area contributed by atoms with Gasteiger partial charge in [-0.2, -0.15) is 0 Å². The van der Waals surface area contributed by atoms with Gasteiger partial charge in [0.05, 0.1) is 18.7 Å². The maximum atomic E-state index is 12.3. The van der Waals surface area contributed by atoms with E-state index in [0.29, 0.717) is 11.3 Å². The van der Waals surface area contributed by atoms with Crippen LogP contribution < -0.4 is 4.74 Å². The van der Waals surface area contributed by atoms with Crippen LogP contribution >= 0.6 is 0 Å². The normalized spacial score (nSPS) is 19.5. The number of hydrogen-bond donors (Lipinski definition) is 1. The highest BCUT2D eigenvalue weighted by Gasteiger charge is 2.42. The maximum absolute atomic E-state index is 12.3. The van der Waals surface area contributed by atoms with Gasteiger partial charge in [0.1, 0.15) is 23.5 Å². The Balaban J connectivity index is 2.04. The van der Waals surface area contributed by atoms with Gasteiger partial charge in [-0.3, -0.25) is 4.90 Å². The lowest BCUT2D eigenvalue weighted by Crippen LogP contribution is -2.43. The van der Waals surface area contributed by atoms with Crippen molar-refractivity contribution >= 4 is 18.0 Å². The molecule has 1 amide bonds. The molecule has 2 atom stereocenters. The summed E-state index contributed by atoms with van der Waals surface area (Å²) in [5.41, 5.74) is -0.323. The van der Waals surface area contributed by atoms with E-state index in [4.69, 9.17) is 14.2 Å². The molecule has 0 radical (unpaired) electrons. The number of rotatable bonds is 5. The minimum Gasteiger partial charge on any atom is -0.488 e. The van der Waals surface area contributed by atoms with Crippen molar-refractivity contribution in [2.75, 3.05) is 13.2 Å². The van der Waals surface area contributed by atoms with Crippen LogP contribution in [0, 0.1) is 0 Å². The van der Waals surface area contributed by atoms with Crippen molar-refractivity contribution in [3.05, 3.63) is 29.8 Å². The topological polar surface area (TPSA) is 102 Å². The number of esters is 1. The van der Waals surface area contributed by atoms with Crippen LogP contribution in [0.4, 0.5) is 4.79 Å². The maximum Gasteiger partial charge on any atom is 0.411 e. The van der Waals surface area contributed by atoms with Crippen molar-refractivity contribution in [2.45, 2.75) is 51.9 Å². The molecule has 1 aliphatic heterocycles. The Morgan fingerprint density at radius 2 is 1.81 bits per heavy atom. The smallest absolute Gasteiger partial charge is 0.411 e. The van der Waals surface area contributed by atoms with Crippen molar-refractivity contribution in [1.82, 2.24) is 4.90 Å². The van der Waals surface area contributed by atoms with E-state index in [0.717, 1.165) is 0 Å². The summed E-state index contributed by atoms with van der Waals surface area (Å²) < 4.78 is 16.0. The van der Waals surface area contributed by atoms with Crippen LogP contribution in [0.15, 0.2) is 24.3 Å². The van der Waals surface area contributed by atoms with Gasteiger partial charge in [0.25, 0.3) is 0 Å². The molecule has 8 heteroatoms. The second-order valence-corrected chi connectivity index (χ2v) is 7.21. The number of amides is 1. The summed E-state index contributed by atoms with van der Waals surface area (Å²) in [6.45, 7) is 7.27. The van der Waals surface area contributed by atoms with Gasteiger partial charge in [-0.15, -0.1) is 0 Å². The van der Waals surface area contributed by atoms with E-state index in [2.05, 4.69) is 0 Å². The molecule has 1 aliphatic rings. The summed E-state index contributed by atoms with van der Waals surface area (Å²) in [6, 6.07) is 5.35. The molecule has 0 saturated carbocycles. The fourth-order valence-electron chi connectivity index (χ4n) is 2.72. The number of nitrogens with zero attached hydrogens (tertiary/aromatic N) is 1. The highest BCUT2D eigenvalue weighted by atomic mass is 16.6. The monoisotopic (exact) mass is 379 g/mol. The Bertz CT molecular complexity index is 693. The van der Waals surface area contributed by atoms with Crippen LogP contribution in [-0.4, -0.2) is 58.9 Å². The van der Waals surface area contributed by atoms with E-state index in [-0.39, 0.29) is 19.6 Å². The molecule has 148 valence electrons. The lowest BCUT2D eigenvalue weighted by molar-refractivity contribution is -0.142. The van der Waals surface area contributed by atoms with Crippen molar-refractivity contribution in [3.63, 3.8) is 0 Å². The molecule has 0 aromatic heterocycles. The van der Waals surface area contributed by atoms with Gasteiger partial charge in [-0.25, -0.2) is 14.4 Å². The Labute approximate surface area is 158 Å². The fraction of sp³-hybridized carbons (Fsp3) is 0.526.